The maximum Gasteiger partial charge on any atom is 0.226 e. The Morgan fingerprint density at radius 2 is 2.04 bits per heavy atom. The molecule has 25 heavy (non-hydrogen) atoms. The first kappa shape index (κ1) is 18.7. The van der Waals surface area contributed by atoms with Crippen molar-refractivity contribution in [2.24, 2.45) is 11.8 Å². The number of likely N-dealkylation sites (tertiary alicyclic amines) is 1. The van der Waals surface area contributed by atoms with Crippen LogP contribution in [0.15, 0.2) is 24.3 Å². The van der Waals surface area contributed by atoms with Gasteiger partial charge in [-0.15, -0.1) is 12.4 Å². The summed E-state index contributed by atoms with van der Waals surface area (Å²) in [5, 5.41) is 3.24. The van der Waals surface area contributed by atoms with Gasteiger partial charge >= 0.3 is 0 Å². The fourth-order valence-electron chi connectivity index (χ4n) is 5.17. The minimum absolute atomic E-state index is 0. The van der Waals surface area contributed by atoms with Crippen molar-refractivity contribution in [2.75, 3.05) is 26.7 Å². The summed E-state index contributed by atoms with van der Waals surface area (Å²) < 4.78 is 0. The van der Waals surface area contributed by atoms with Gasteiger partial charge in [-0.05, 0) is 75.6 Å². The zero-order valence-electron chi connectivity index (χ0n) is 15.3. The highest BCUT2D eigenvalue weighted by Crippen LogP contribution is 2.60. The molecule has 4 rings (SSSR count). The molecule has 1 aliphatic heterocycles. The van der Waals surface area contributed by atoms with Crippen molar-refractivity contribution < 1.29 is 4.79 Å². The summed E-state index contributed by atoms with van der Waals surface area (Å²) >= 11 is 0. The molecule has 138 valence electrons. The van der Waals surface area contributed by atoms with Gasteiger partial charge in [0.1, 0.15) is 0 Å². The van der Waals surface area contributed by atoms with Gasteiger partial charge in [-0.2, -0.15) is 0 Å². The Balaban J connectivity index is 0.00000182. The van der Waals surface area contributed by atoms with Crippen molar-refractivity contribution in [3.05, 3.63) is 35.4 Å². The van der Waals surface area contributed by atoms with Crippen molar-refractivity contribution in [1.29, 1.82) is 0 Å². The first-order chi connectivity index (χ1) is 11.7. The molecule has 4 heteroatoms. The van der Waals surface area contributed by atoms with Crippen LogP contribution in [0.1, 0.15) is 49.7 Å². The number of nitrogens with zero attached hydrogens (tertiary/aromatic N) is 1. The lowest BCUT2D eigenvalue weighted by Gasteiger charge is -2.33. The predicted octanol–water partition coefficient (Wildman–Crippen LogP) is 3.55. The van der Waals surface area contributed by atoms with E-state index in [1.807, 2.05) is 7.05 Å². The molecule has 2 aliphatic carbocycles. The Morgan fingerprint density at radius 1 is 1.28 bits per heavy atom. The lowest BCUT2D eigenvalue weighted by Crippen LogP contribution is -2.41. The highest BCUT2D eigenvalue weighted by Gasteiger charge is 2.60. The fourth-order valence-corrected chi connectivity index (χ4v) is 5.17. The van der Waals surface area contributed by atoms with E-state index < -0.39 is 0 Å². The summed E-state index contributed by atoms with van der Waals surface area (Å²) in [5.41, 5.74) is 3.16. The molecule has 2 fully saturated rings. The second-order valence-electron chi connectivity index (χ2n) is 8.08. The van der Waals surface area contributed by atoms with E-state index in [1.165, 1.54) is 49.7 Å². The standard InChI is InChI=1S/C21H30N2O.ClH/c1-22-12-8-16-9-13-23(14-10-16)20(24)19-15-21(19)11-4-6-17-5-2-3-7-18(17)21;/h2-3,5,7,16,19,22H,4,6,8-15H2,1H3;1H. The van der Waals surface area contributed by atoms with Gasteiger partial charge in [0.2, 0.25) is 5.91 Å². The van der Waals surface area contributed by atoms with Crippen LogP contribution in [0.5, 0.6) is 0 Å². The van der Waals surface area contributed by atoms with Crippen LogP contribution in [0.2, 0.25) is 0 Å². The molecule has 3 aliphatic rings. The number of piperidine rings is 1. The van der Waals surface area contributed by atoms with E-state index in [1.54, 1.807) is 0 Å². The van der Waals surface area contributed by atoms with E-state index in [-0.39, 0.29) is 23.7 Å². The molecule has 0 aromatic heterocycles. The van der Waals surface area contributed by atoms with Crippen LogP contribution in [0.3, 0.4) is 0 Å². The first-order valence-corrected chi connectivity index (χ1v) is 9.76. The zero-order chi connectivity index (χ0) is 16.6. The van der Waals surface area contributed by atoms with Crippen LogP contribution in [-0.4, -0.2) is 37.5 Å². The lowest BCUT2D eigenvalue weighted by atomic mass is 9.78. The topological polar surface area (TPSA) is 32.3 Å². The monoisotopic (exact) mass is 362 g/mol. The van der Waals surface area contributed by atoms with E-state index in [0.717, 1.165) is 32.0 Å². The minimum Gasteiger partial charge on any atom is -0.342 e. The zero-order valence-corrected chi connectivity index (χ0v) is 16.1. The van der Waals surface area contributed by atoms with Gasteiger partial charge in [0.25, 0.3) is 0 Å². The van der Waals surface area contributed by atoms with E-state index in [2.05, 4.69) is 34.5 Å². The number of carbonyl (C=O) groups excluding carboxylic acids is 1. The maximum absolute atomic E-state index is 13.1. The van der Waals surface area contributed by atoms with Gasteiger partial charge in [0, 0.05) is 24.4 Å². The molecular formula is C21H31ClN2O. The highest BCUT2D eigenvalue weighted by atomic mass is 35.5. The van der Waals surface area contributed by atoms with Crippen molar-refractivity contribution in [1.82, 2.24) is 10.2 Å². The fraction of sp³-hybridized carbons (Fsp3) is 0.667. The molecular weight excluding hydrogens is 332 g/mol. The van der Waals surface area contributed by atoms with Gasteiger partial charge in [0.05, 0.1) is 0 Å². The molecule has 1 aromatic carbocycles. The normalized spacial score (nSPS) is 28.4. The summed E-state index contributed by atoms with van der Waals surface area (Å²) in [6, 6.07) is 8.85. The van der Waals surface area contributed by atoms with Crippen molar-refractivity contribution >= 4 is 18.3 Å². The molecule has 2 unspecified atom stereocenters. The number of hydrogen-bond acceptors (Lipinski definition) is 2. The Morgan fingerprint density at radius 3 is 2.80 bits per heavy atom. The quantitative estimate of drug-likeness (QED) is 0.888. The summed E-state index contributed by atoms with van der Waals surface area (Å²) in [6.07, 6.45) is 8.34. The van der Waals surface area contributed by atoms with Crippen molar-refractivity contribution in [2.45, 2.75) is 50.4 Å². The summed E-state index contributed by atoms with van der Waals surface area (Å²) in [6.45, 7) is 3.05. The van der Waals surface area contributed by atoms with Crippen LogP contribution in [0, 0.1) is 11.8 Å². The number of rotatable bonds is 4. The van der Waals surface area contributed by atoms with Crippen molar-refractivity contribution in [3.8, 4) is 0 Å². The molecule has 1 saturated carbocycles. The van der Waals surface area contributed by atoms with Gasteiger partial charge in [-0.25, -0.2) is 0 Å². The molecule has 1 aromatic rings. The average Bonchev–Trinajstić information content (AvgIpc) is 3.35. The third-order valence-corrected chi connectivity index (χ3v) is 6.72. The van der Waals surface area contributed by atoms with Crippen LogP contribution < -0.4 is 5.32 Å². The number of nitrogens with one attached hydrogen (secondary N) is 1. The number of carbonyl (C=O) groups is 1. The van der Waals surface area contributed by atoms with Crippen molar-refractivity contribution in [3.63, 3.8) is 0 Å². The number of fused-ring (bicyclic) bond motifs is 2. The van der Waals surface area contributed by atoms with Crippen LogP contribution in [0.25, 0.3) is 0 Å². The SMILES string of the molecule is CNCCC1CCN(C(=O)C2CC23CCCc2ccccc23)CC1.Cl. The van der Waals surface area contributed by atoms with Crippen LogP contribution in [-0.2, 0) is 16.6 Å². The molecule has 1 spiro atoms. The average molecular weight is 363 g/mol. The number of hydrogen-bond donors (Lipinski definition) is 1. The minimum atomic E-state index is 0. The molecule has 1 amide bonds. The number of benzene rings is 1. The maximum atomic E-state index is 13.1. The van der Waals surface area contributed by atoms with Gasteiger partial charge < -0.3 is 10.2 Å². The Labute approximate surface area is 158 Å². The van der Waals surface area contributed by atoms with E-state index >= 15 is 0 Å². The van der Waals surface area contributed by atoms with Crippen LogP contribution in [0.4, 0.5) is 0 Å². The van der Waals surface area contributed by atoms with E-state index in [9.17, 15) is 4.79 Å². The largest absolute Gasteiger partial charge is 0.342 e. The van der Waals surface area contributed by atoms with E-state index in [0.29, 0.717) is 5.91 Å². The van der Waals surface area contributed by atoms with Gasteiger partial charge in [-0.1, -0.05) is 24.3 Å². The number of halogens is 1. The van der Waals surface area contributed by atoms with Gasteiger partial charge in [-0.3, -0.25) is 4.79 Å². The summed E-state index contributed by atoms with van der Waals surface area (Å²) in [4.78, 5) is 15.3. The Kier molecular flexibility index (Phi) is 5.75. The number of amides is 1. The summed E-state index contributed by atoms with van der Waals surface area (Å²) in [7, 11) is 2.02. The number of aryl methyl sites for hydroxylation is 1. The Hall–Kier alpha value is -1.06. The first-order valence-electron chi connectivity index (χ1n) is 9.76. The molecule has 0 radical (unpaired) electrons. The molecule has 2 atom stereocenters. The molecule has 1 saturated heterocycles. The second-order valence-corrected chi connectivity index (χ2v) is 8.08. The lowest BCUT2D eigenvalue weighted by molar-refractivity contribution is -0.134. The predicted molar refractivity (Wildman–Crippen MR) is 104 cm³/mol. The highest BCUT2D eigenvalue weighted by molar-refractivity contribution is 5.85. The molecule has 3 nitrogen and oxygen atoms in total. The second kappa shape index (κ2) is 7.67. The summed E-state index contributed by atoms with van der Waals surface area (Å²) in [5.74, 6) is 1.50. The third-order valence-electron chi connectivity index (χ3n) is 6.72. The smallest absolute Gasteiger partial charge is 0.226 e. The molecule has 1 N–H and O–H groups in total. The third kappa shape index (κ3) is 3.46. The Bertz CT molecular complexity index is 612. The van der Waals surface area contributed by atoms with E-state index in [4.69, 9.17) is 0 Å². The van der Waals surface area contributed by atoms with Crippen LogP contribution >= 0.6 is 12.4 Å². The molecule has 0 bridgehead atoms. The van der Waals surface area contributed by atoms with Gasteiger partial charge in [0.15, 0.2) is 0 Å². The molecule has 1 heterocycles.